The zero-order valence-electron chi connectivity index (χ0n) is 17.0. The van der Waals surface area contributed by atoms with Crippen LogP contribution in [0.25, 0.3) is 0 Å². The number of thiophene rings is 1. The highest BCUT2D eigenvalue weighted by Crippen LogP contribution is 2.33. The molecule has 0 spiro atoms. The Hall–Kier alpha value is -1.70. The lowest BCUT2D eigenvalue weighted by molar-refractivity contribution is -0.138. The Kier molecular flexibility index (Phi) is 5.82. The number of amides is 1. The van der Waals surface area contributed by atoms with E-state index in [-0.39, 0.29) is 11.8 Å². The zero-order valence-corrected chi connectivity index (χ0v) is 18.6. The molecule has 0 radical (unpaired) electrons. The van der Waals surface area contributed by atoms with Gasteiger partial charge < -0.3 is 4.90 Å². The Morgan fingerprint density at radius 2 is 1.83 bits per heavy atom. The molecule has 1 aromatic carbocycles. The number of rotatable bonds is 6. The topological polar surface area (TPSA) is 57.7 Å². The number of hydrogen-bond acceptors (Lipinski definition) is 4. The van der Waals surface area contributed by atoms with Crippen LogP contribution < -0.4 is 0 Å². The van der Waals surface area contributed by atoms with Crippen LogP contribution in [-0.4, -0.2) is 42.7 Å². The van der Waals surface area contributed by atoms with E-state index in [0.29, 0.717) is 43.4 Å². The summed E-state index contributed by atoms with van der Waals surface area (Å²) < 4.78 is 27.6. The molecule has 0 bridgehead atoms. The van der Waals surface area contributed by atoms with Crippen molar-refractivity contribution in [3.05, 3.63) is 51.7 Å². The number of sulfonamides is 1. The zero-order chi connectivity index (χ0) is 20.6. The van der Waals surface area contributed by atoms with Crippen molar-refractivity contribution >= 4 is 27.3 Å². The second kappa shape index (κ2) is 8.20. The highest BCUT2D eigenvalue weighted by Gasteiger charge is 2.38. The SMILES string of the molecule is Cc1ccc(S(=O)(=O)N2CCC(C(=O)N(Cc3cccs3)C3CC3)CC2)cc1C. The van der Waals surface area contributed by atoms with Crippen LogP contribution in [0.3, 0.4) is 0 Å². The van der Waals surface area contributed by atoms with E-state index in [1.807, 2.05) is 36.3 Å². The minimum atomic E-state index is -3.51. The fraction of sp³-hybridized carbons (Fsp3) is 0.500. The molecule has 156 valence electrons. The van der Waals surface area contributed by atoms with Crippen molar-refractivity contribution in [1.82, 2.24) is 9.21 Å². The van der Waals surface area contributed by atoms with E-state index in [0.717, 1.165) is 24.0 Å². The van der Waals surface area contributed by atoms with Crippen LogP contribution in [0, 0.1) is 19.8 Å². The Balaban J connectivity index is 1.41. The van der Waals surface area contributed by atoms with Crippen LogP contribution in [0.2, 0.25) is 0 Å². The number of aryl methyl sites for hydroxylation is 2. The van der Waals surface area contributed by atoms with Crippen LogP contribution in [0.15, 0.2) is 40.6 Å². The van der Waals surface area contributed by atoms with Gasteiger partial charge in [0.25, 0.3) is 0 Å². The third kappa shape index (κ3) is 4.42. The van der Waals surface area contributed by atoms with Gasteiger partial charge >= 0.3 is 0 Å². The lowest BCUT2D eigenvalue weighted by Gasteiger charge is -2.33. The average Bonchev–Trinajstić information content (AvgIpc) is 3.43. The maximum atomic E-state index is 13.2. The second-order valence-corrected chi connectivity index (χ2v) is 11.2. The number of benzene rings is 1. The summed E-state index contributed by atoms with van der Waals surface area (Å²) in [6.07, 6.45) is 3.35. The van der Waals surface area contributed by atoms with Gasteiger partial charge in [-0.3, -0.25) is 4.79 Å². The highest BCUT2D eigenvalue weighted by atomic mass is 32.2. The number of nitrogens with zero attached hydrogens (tertiary/aromatic N) is 2. The summed E-state index contributed by atoms with van der Waals surface area (Å²) in [7, 11) is -3.51. The van der Waals surface area contributed by atoms with Crippen molar-refractivity contribution in [3.8, 4) is 0 Å². The fourth-order valence-corrected chi connectivity index (χ4v) is 6.20. The molecule has 1 amide bonds. The highest BCUT2D eigenvalue weighted by molar-refractivity contribution is 7.89. The first-order valence-electron chi connectivity index (χ1n) is 10.3. The Bertz CT molecular complexity index is 973. The molecule has 7 heteroatoms. The molecule has 1 saturated carbocycles. The first kappa shape index (κ1) is 20.6. The molecule has 2 heterocycles. The lowest BCUT2D eigenvalue weighted by Crippen LogP contribution is -2.44. The molecule has 2 aromatic rings. The molecule has 29 heavy (non-hydrogen) atoms. The number of carbonyl (C=O) groups is 1. The monoisotopic (exact) mass is 432 g/mol. The van der Waals surface area contributed by atoms with Crippen LogP contribution in [0.4, 0.5) is 0 Å². The number of piperidine rings is 1. The third-order valence-electron chi connectivity index (χ3n) is 6.10. The van der Waals surface area contributed by atoms with Crippen molar-refractivity contribution in [1.29, 1.82) is 0 Å². The van der Waals surface area contributed by atoms with Crippen LogP contribution in [-0.2, 0) is 21.4 Å². The van der Waals surface area contributed by atoms with Gasteiger partial charge in [0, 0.05) is 29.9 Å². The quantitative estimate of drug-likeness (QED) is 0.694. The fourth-order valence-electron chi connectivity index (χ4n) is 3.94. The summed E-state index contributed by atoms with van der Waals surface area (Å²) in [4.78, 5) is 16.8. The molecular weight excluding hydrogens is 404 g/mol. The standard InChI is InChI=1S/C22H28N2O3S2/c1-16-5-8-21(14-17(16)2)29(26,27)23-11-9-18(10-12-23)22(25)24(19-6-7-19)15-20-4-3-13-28-20/h3-5,8,13-14,18-19H,6-7,9-12,15H2,1-2H3. The summed E-state index contributed by atoms with van der Waals surface area (Å²) >= 11 is 1.68. The number of hydrogen-bond donors (Lipinski definition) is 0. The molecule has 4 rings (SSSR count). The van der Waals surface area contributed by atoms with Gasteiger partial charge in [-0.25, -0.2) is 8.42 Å². The molecule has 1 aromatic heterocycles. The largest absolute Gasteiger partial charge is 0.334 e. The van der Waals surface area contributed by atoms with E-state index in [1.165, 1.54) is 4.88 Å². The van der Waals surface area contributed by atoms with Crippen molar-refractivity contribution in [2.45, 2.75) is 57.0 Å². The summed E-state index contributed by atoms with van der Waals surface area (Å²) in [6, 6.07) is 9.75. The number of carbonyl (C=O) groups excluding carboxylic acids is 1. The minimum absolute atomic E-state index is 0.0817. The molecule has 1 aliphatic heterocycles. The molecule has 1 saturated heterocycles. The van der Waals surface area contributed by atoms with Gasteiger partial charge in [-0.15, -0.1) is 11.3 Å². The summed E-state index contributed by atoms with van der Waals surface area (Å²) in [6.45, 7) is 5.40. The maximum absolute atomic E-state index is 13.2. The average molecular weight is 433 g/mol. The third-order valence-corrected chi connectivity index (χ3v) is 8.85. The van der Waals surface area contributed by atoms with E-state index < -0.39 is 10.0 Å². The van der Waals surface area contributed by atoms with Crippen LogP contribution >= 0.6 is 11.3 Å². The van der Waals surface area contributed by atoms with Gasteiger partial charge in [-0.1, -0.05) is 12.1 Å². The van der Waals surface area contributed by atoms with E-state index in [1.54, 1.807) is 27.8 Å². The second-order valence-electron chi connectivity index (χ2n) is 8.20. The summed E-state index contributed by atoms with van der Waals surface area (Å²) in [5.74, 6) is 0.117. The Morgan fingerprint density at radius 3 is 2.41 bits per heavy atom. The lowest BCUT2D eigenvalue weighted by atomic mass is 9.96. The predicted molar refractivity (Wildman–Crippen MR) is 115 cm³/mol. The van der Waals surface area contributed by atoms with Gasteiger partial charge in [-0.2, -0.15) is 4.31 Å². The van der Waals surface area contributed by atoms with Gasteiger partial charge in [0.2, 0.25) is 15.9 Å². The summed E-state index contributed by atoms with van der Waals surface area (Å²) in [5.41, 5.74) is 2.06. The van der Waals surface area contributed by atoms with E-state index in [4.69, 9.17) is 0 Å². The van der Waals surface area contributed by atoms with Gasteiger partial charge in [0.05, 0.1) is 11.4 Å². The predicted octanol–water partition coefficient (Wildman–Crippen LogP) is 3.96. The molecule has 2 fully saturated rings. The van der Waals surface area contributed by atoms with Crippen molar-refractivity contribution in [2.75, 3.05) is 13.1 Å². The van der Waals surface area contributed by atoms with E-state index in [9.17, 15) is 13.2 Å². The van der Waals surface area contributed by atoms with E-state index >= 15 is 0 Å². The normalized spacial score (nSPS) is 18.7. The molecule has 0 N–H and O–H groups in total. The molecule has 2 aliphatic rings. The molecule has 5 nitrogen and oxygen atoms in total. The first-order valence-corrected chi connectivity index (χ1v) is 12.6. The van der Waals surface area contributed by atoms with E-state index in [2.05, 4.69) is 6.07 Å². The van der Waals surface area contributed by atoms with Crippen molar-refractivity contribution in [3.63, 3.8) is 0 Å². The molecule has 0 atom stereocenters. The summed E-state index contributed by atoms with van der Waals surface area (Å²) in [5, 5.41) is 2.04. The first-order chi connectivity index (χ1) is 13.9. The van der Waals surface area contributed by atoms with Gasteiger partial charge in [-0.05, 0) is 74.2 Å². The maximum Gasteiger partial charge on any atom is 0.243 e. The van der Waals surface area contributed by atoms with Gasteiger partial charge in [0.1, 0.15) is 0 Å². The van der Waals surface area contributed by atoms with Crippen molar-refractivity contribution in [2.24, 2.45) is 5.92 Å². The van der Waals surface area contributed by atoms with Crippen LogP contribution in [0.5, 0.6) is 0 Å². The van der Waals surface area contributed by atoms with Crippen LogP contribution in [0.1, 0.15) is 41.7 Å². The molecular formula is C22H28N2O3S2. The smallest absolute Gasteiger partial charge is 0.243 e. The Morgan fingerprint density at radius 1 is 1.10 bits per heavy atom. The van der Waals surface area contributed by atoms with Crippen molar-refractivity contribution < 1.29 is 13.2 Å². The molecule has 0 unspecified atom stereocenters. The minimum Gasteiger partial charge on any atom is -0.334 e. The Labute approximate surface area is 177 Å². The van der Waals surface area contributed by atoms with Gasteiger partial charge in [0.15, 0.2) is 0 Å². The molecule has 1 aliphatic carbocycles.